The maximum atomic E-state index is 8.36. The van der Waals surface area contributed by atoms with Crippen LogP contribution in [0.3, 0.4) is 0 Å². The Kier molecular flexibility index (Phi) is 11.6. The average Bonchev–Trinajstić information content (AvgIpc) is 2.21. The highest BCUT2D eigenvalue weighted by Gasteiger charge is 1.88. The van der Waals surface area contributed by atoms with Crippen LogP contribution in [0.15, 0.2) is 24.5 Å². The number of aliphatic hydroxyl groups is 1. The Morgan fingerprint density at radius 1 is 0.857 bits per heavy atom. The third kappa shape index (κ3) is 11.3. The number of hydrogen-bond acceptors (Lipinski definition) is 1. The molecule has 0 fully saturated rings. The van der Waals surface area contributed by atoms with E-state index in [0.717, 1.165) is 12.7 Å². The van der Waals surface area contributed by atoms with Gasteiger partial charge in [0, 0.05) is 0 Å². The van der Waals surface area contributed by atoms with Crippen molar-refractivity contribution < 1.29 is 5.11 Å². The SMILES string of the molecule is CCCCCCCCC/C=C/C=C\O. The summed E-state index contributed by atoms with van der Waals surface area (Å²) in [7, 11) is 0. The van der Waals surface area contributed by atoms with Gasteiger partial charge < -0.3 is 5.11 Å². The molecule has 0 aliphatic rings. The lowest BCUT2D eigenvalue weighted by molar-refractivity contribution is 0.473. The Balaban J connectivity index is 2.98. The van der Waals surface area contributed by atoms with Gasteiger partial charge in [-0.1, -0.05) is 57.6 Å². The molecular formula is C13H24O. The van der Waals surface area contributed by atoms with Gasteiger partial charge >= 0.3 is 0 Å². The number of hydrogen-bond donors (Lipinski definition) is 1. The molecule has 1 nitrogen and oxygen atoms in total. The van der Waals surface area contributed by atoms with Crippen molar-refractivity contribution in [3.63, 3.8) is 0 Å². The predicted molar refractivity (Wildman–Crippen MR) is 63.5 cm³/mol. The fourth-order valence-corrected chi connectivity index (χ4v) is 1.44. The zero-order chi connectivity index (χ0) is 10.5. The molecule has 0 saturated carbocycles. The minimum atomic E-state index is 1.07. The van der Waals surface area contributed by atoms with Gasteiger partial charge in [-0.05, 0) is 18.9 Å². The normalized spacial score (nSPS) is 11.8. The summed E-state index contributed by atoms with van der Waals surface area (Å²) in [6.07, 6.45) is 17.4. The van der Waals surface area contributed by atoms with Gasteiger partial charge in [0.25, 0.3) is 0 Å². The standard InChI is InChI=1S/C13H24O/c1-2-3-4-5-6-7-8-9-10-11-12-13-14/h10-14H,2-9H2,1H3/b11-10+,13-12-. The lowest BCUT2D eigenvalue weighted by Gasteiger charge is -1.98. The Labute approximate surface area is 88.5 Å². The zero-order valence-corrected chi connectivity index (χ0v) is 9.41. The molecule has 0 radical (unpaired) electrons. The third-order valence-corrected chi connectivity index (χ3v) is 2.31. The molecule has 0 spiro atoms. The van der Waals surface area contributed by atoms with Crippen LogP contribution in [0.1, 0.15) is 58.3 Å². The van der Waals surface area contributed by atoms with E-state index in [2.05, 4.69) is 13.0 Å². The molecule has 1 heteroatoms. The molecular weight excluding hydrogens is 172 g/mol. The number of allylic oxidation sites excluding steroid dienone is 3. The molecule has 0 heterocycles. The first-order chi connectivity index (χ1) is 6.91. The van der Waals surface area contributed by atoms with E-state index in [0.29, 0.717) is 0 Å². The van der Waals surface area contributed by atoms with Crippen LogP contribution in [0, 0.1) is 0 Å². The molecule has 0 amide bonds. The highest BCUT2D eigenvalue weighted by atomic mass is 16.2. The summed E-state index contributed by atoms with van der Waals surface area (Å²) < 4.78 is 0. The van der Waals surface area contributed by atoms with Gasteiger partial charge in [0.05, 0.1) is 6.26 Å². The van der Waals surface area contributed by atoms with Crippen LogP contribution in [0.25, 0.3) is 0 Å². The first-order valence-electron chi connectivity index (χ1n) is 5.87. The van der Waals surface area contributed by atoms with Crippen LogP contribution in [0.5, 0.6) is 0 Å². The molecule has 82 valence electrons. The summed E-state index contributed by atoms with van der Waals surface area (Å²) >= 11 is 0. The lowest BCUT2D eigenvalue weighted by atomic mass is 10.1. The maximum absolute atomic E-state index is 8.36. The second kappa shape index (κ2) is 12.3. The largest absolute Gasteiger partial charge is 0.516 e. The summed E-state index contributed by atoms with van der Waals surface area (Å²) in [5, 5.41) is 8.36. The quantitative estimate of drug-likeness (QED) is 0.320. The summed E-state index contributed by atoms with van der Waals surface area (Å²) in [5.41, 5.74) is 0. The minimum Gasteiger partial charge on any atom is -0.516 e. The molecule has 14 heavy (non-hydrogen) atoms. The molecule has 0 unspecified atom stereocenters. The maximum Gasteiger partial charge on any atom is 0.0791 e. The van der Waals surface area contributed by atoms with Crippen LogP contribution in [0.2, 0.25) is 0 Å². The fourth-order valence-electron chi connectivity index (χ4n) is 1.44. The smallest absolute Gasteiger partial charge is 0.0791 e. The van der Waals surface area contributed by atoms with Crippen molar-refractivity contribution in [2.24, 2.45) is 0 Å². The van der Waals surface area contributed by atoms with Crippen LogP contribution in [-0.4, -0.2) is 5.11 Å². The molecule has 1 N–H and O–H groups in total. The van der Waals surface area contributed by atoms with Gasteiger partial charge in [-0.15, -0.1) is 0 Å². The van der Waals surface area contributed by atoms with Crippen LogP contribution >= 0.6 is 0 Å². The van der Waals surface area contributed by atoms with E-state index in [1.54, 1.807) is 6.08 Å². The van der Waals surface area contributed by atoms with E-state index in [9.17, 15) is 0 Å². The van der Waals surface area contributed by atoms with Crippen molar-refractivity contribution in [3.05, 3.63) is 24.5 Å². The molecule has 0 aliphatic carbocycles. The van der Waals surface area contributed by atoms with Crippen molar-refractivity contribution in [1.29, 1.82) is 0 Å². The van der Waals surface area contributed by atoms with E-state index >= 15 is 0 Å². The zero-order valence-electron chi connectivity index (χ0n) is 9.41. The average molecular weight is 196 g/mol. The van der Waals surface area contributed by atoms with Crippen molar-refractivity contribution in [2.45, 2.75) is 58.3 Å². The molecule has 0 aromatic carbocycles. The highest BCUT2D eigenvalue weighted by molar-refractivity contribution is 4.98. The van der Waals surface area contributed by atoms with Crippen LogP contribution in [0.4, 0.5) is 0 Å². The number of rotatable bonds is 9. The Morgan fingerprint density at radius 3 is 2.14 bits per heavy atom. The van der Waals surface area contributed by atoms with E-state index in [1.165, 1.54) is 44.9 Å². The number of unbranched alkanes of at least 4 members (excludes halogenated alkanes) is 7. The fraction of sp³-hybridized carbons (Fsp3) is 0.692. The first-order valence-corrected chi connectivity index (χ1v) is 5.87. The topological polar surface area (TPSA) is 20.2 Å². The molecule has 0 rings (SSSR count). The molecule has 0 aliphatic heterocycles. The van der Waals surface area contributed by atoms with Crippen molar-refractivity contribution in [1.82, 2.24) is 0 Å². The molecule has 0 aromatic heterocycles. The second-order valence-electron chi connectivity index (χ2n) is 3.68. The first kappa shape index (κ1) is 13.3. The highest BCUT2D eigenvalue weighted by Crippen LogP contribution is 2.08. The van der Waals surface area contributed by atoms with Gasteiger partial charge in [0.2, 0.25) is 0 Å². The molecule has 0 aromatic rings. The number of aliphatic hydroxyl groups excluding tert-OH is 1. The van der Waals surface area contributed by atoms with Crippen LogP contribution < -0.4 is 0 Å². The monoisotopic (exact) mass is 196 g/mol. The van der Waals surface area contributed by atoms with E-state index in [4.69, 9.17) is 5.11 Å². The predicted octanol–water partition coefficient (Wildman–Crippen LogP) is 4.76. The van der Waals surface area contributed by atoms with Gasteiger partial charge in [0.15, 0.2) is 0 Å². The van der Waals surface area contributed by atoms with E-state index in [-0.39, 0.29) is 0 Å². The van der Waals surface area contributed by atoms with Gasteiger partial charge in [-0.25, -0.2) is 0 Å². The Morgan fingerprint density at radius 2 is 1.50 bits per heavy atom. The second-order valence-corrected chi connectivity index (χ2v) is 3.68. The summed E-state index contributed by atoms with van der Waals surface area (Å²) in [4.78, 5) is 0. The minimum absolute atomic E-state index is 1.07. The Hall–Kier alpha value is -0.720. The molecule has 0 bridgehead atoms. The van der Waals surface area contributed by atoms with Crippen molar-refractivity contribution in [3.8, 4) is 0 Å². The van der Waals surface area contributed by atoms with Crippen molar-refractivity contribution >= 4 is 0 Å². The third-order valence-electron chi connectivity index (χ3n) is 2.31. The summed E-state index contributed by atoms with van der Waals surface area (Å²) in [6.45, 7) is 2.25. The van der Waals surface area contributed by atoms with Gasteiger partial charge in [-0.2, -0.15) is 0 Å². The van der Waals surface area contributed by atoms with Gasteiger partial charge in [-0.3, -0.25) is 0 Å². The van der Waals surface area contributed by atoms with E-state index < -0.39 is 0 Å². The van der Waals surface area contributed by atoms with Crippen LogP contribution in [-0.2, 0) is 0 Å². The lowest BCUT2D eigenvalue weighted by Crippen LogP contribution is -1.78. The molecule has 0 saturated heterocycles. The van der Waals surface area contributed by atoms with Gasteiger partial charge in [0.1, 0.15) is 0 Å². The molecule has 0 atom stereocenters. The summed E-state index contributed by atoms with van der Waals surface area (Å²) in [6, 6.07) is 0. The Bertz CT molecular complexity index is 147. The summed E-state index contributed by atoms with van der Waals surface area (Å²) in [5.74, 6) is 0. The van der Waals surface area contributed by atoms with E-state index in [1.807, 2.05) is 6.08 Å². The van der Waals surface area contributed by atoms with Crippen molar-refractivity contribution in [2.75, 3.05) is 0 Å².